The van der Waals surface area contributed by atoms with Crippen molar-refractivity contribution in [3.8, 4) is 0 Å². The molecule has 0 aromatic carbocycles. The van der Waals surface area contributed by atoms with Gasteiger partial charge in [-0.05, 0) is 53.7 Å². The van der Waals surface area contributed by atoms with E-state index in [1.165, 1.54) is 16.7 Å². The van der Waals surface area contributed by atoms with Gasteiger partial charge in [-0.3, -0.25) is 14.5 Å². The minimum Gasteiger partial charge on any atom is -0.285 e. The lowest BCUT2D eigenvalue weighted by Crippen LogP contribution is -2.03. The molecule has 0 aliphatic rings. The zero-order valence-corrected chi connectivity index (χ0v) is 17.0. The first-order valence-electron chi connectivity index (χ1n) is 10.1. The Morgan fingerprint density at radius 1 is 0.815 bits per heavy atom. The second-order valence-electron chi connectivity index (χ2n) is 7.99. The molecule has 0 saturated heterocycles. The topological polar surface area (TPSA) is 64.3 Å². The normalized spacial score (nSPS) is 14.0. The Labute approximate surface area is 162 Å². The number of nitrogens with zero attached hydrogens (tertiary/aromatic N) is 5. The molecular weight excluding hydrogens is 336 g/mol. The number of aryl methyl sites for hydroxylation is 2. The average molecular weight is 369 g/mol. The van der Waals surface area contributed by atoms with Gasteiger partial charge in [0.25, 0.3) is 0 Å². The summed E-state index contributed by atoms with van der Waals surface area (Å²) in [5.41, 5.74) is 3.90. The van der Waals surface area contributed by atoms with E-state index in [0.717, 1.165) is 32.4 Å². The van der Waals surface area contributed by atoms with Crippen LogP contribution < -0.4 is 0 Å². The Balaban J connectivity index is 1.43. The van der Waals surface area contributed by atoms with Gasteiger partial charge in [0.15, 0.2) is 0 Å². The van der Waals surface area contributed by atoms with Crippen LogP contribution in [0.2, 0.25) is 0 Å². The van der Waals surface area contributed by atoms with Crippen LogP contribution in [-0.4, -0.2) is 29.8 Å². The van der Waals surface area contributed by atoms with Crippen LogP contribution in [0.1, 0.15) is 81.4 Å². The number of rotatable bonds is 10. The number of aromatic amines is 1. The van der Waals surface area contributed by atoms with Crippen LogP contribution in [0.4, 0.5) is 0 Å². The summed E-state index contributed by atoms with van der Waals surface area (Å²) in [7, 11) is 0. The van der Waals surface area contributed by atoms with E-state index in [-0.39, 0.29) is 0 Å². The molecule has 3 rings (SSSR count). The van der Waals surface area contributed by atoms with Crippen LogP contribution in [0, 0.1) is 0 Å². The molecule has 0 amide bonds. The van der Waals surface area contributed by atoms with Gasteiger partial charge in [0.05, 0.1) is 18.6 Å². The highest BCUT2D eigenvalue weighted by molar-refractivity contribution is 5.11. The molecule has 0 radical (unpaired) electrons. The first-order valence-corrected chi connectivity index (χ1v) is 10.1. The Kier molecular flexibility index (Phi) is 6.48. The van der Waals surface area contributed by atoms with Crippen molar-refractivity contribution in [2.75, 3.05) is 0 Å². The van der Waals surface area contributed by atoms with Crippen LogP contribution in [0.15, 0.2) is 37.2 Å². The van der Waals surface area contributed by atoms with Crippen LogP contribution in [0.3, 0.4) is 0 Å². The Hall–Kier alpha value is -2.37. The largest absolute Gasteiger partial charge is 0.285 e. The monoisotopic (exact) mass is 368 g/mol. The van der Waals surface area contributed by atoms with E-state index in [9.17, 15) is 0 Å². The SMILES string of the molecule is CC(C)c1cnn(CCCC(C)c2cnn(CCC(C)c3cn[nH]c3)c2)c1. The van der Waals surface area contributed by atoms with Crippen LogP contribution in [0.5, 0.6) is 0 Å². The lowest BCUT2D eigenvalue weighted by Gasteiger charge is -2.10. The van der Waals surface area contributed by atoms with Crippen molar-refractivity contribution in [2.24, 2.45) is 0 Å². The summed E-state index contributed by atoms with van der Waals surface area (Å²) in [5.74, 6) is 1.54. The molecule has 6 heteroatoms. The Morgan fingerprint density at radius 2 is 1.48 bits per heavy atom. The second-order valence-corrected chi connectivity index (χ2v) is 7.99. The average Bonchev–Trinajstić information content (AvgIpc) is 3.40. The molecule has 0 aliphatic heterocycles. The van der Waals surface area contributed by atoms with Gasteiger partial charge in [0.2, 0.25) is 0 Å². The molecular formula is C21H32N6. The van der Waals surface area contributed by atoms with Crippen molar-refractivity contribution in [2.45, 2.75) is 77.8 Å². The van der Waals surface area contributed by atoms with E-state index >= 15 is 0 Å². The van der Waals surface area contributed by atoms with Gasteiger partial charge in [-0.2, -0.15) is 15.3 Å². The van der Waals surface area contributed by atoms with Gasteiger partial charge >= 0.3 is 0 Å². The minimum atomic E-state index is 0.485. The third-order valence-electron chi connectivity index (χ3n) is 5.45. The van der Waals surface area contributed by atoms with Crippen LogP contribution in [0.25, 0.3) is 0 Å². The number of aromatic nitrogens is 6. The molecule has 27 heavy (non-hydrogen) atoms. The summed E-state index contributed by atoms with van der Waals surface area (Å²) in [4.78, 5) is 0. The number of hydrogen-bond acceptors (Lipinski definition) is 3. The van der Waals surface area contributed by atoms with E-state index in [1.54, 1.807) is 0 Å². The fourth-order valence-electron chi connectivity index (χ4n) is 3.31. The lowest BCUT2D eigenvalue weighted by atomic mass is 9.99. The molecule has 3 heterocycles. The first-order chi connectivity index (χ1) is 13.0. The molecule has 146 valence electrons. The van der Waals surface area contributed by atoms with E-state index < -0.39 is 0 Å². The zero-order chi connectivity index (χ0) is 19.2. The predicted octanol–water partition coefficient (Wildman–Crippen LogP) is 4.70. The van der Waals surface area contributed by atoms with Crippen molar-refractivity contribution in [1.82, 2.24) is 29.8 Å². The fourth-order valence-corrected chi connectivity index (χ4v) is 3.31. The lowest BCUT2D eigenvalue weighted by molar-refractivity contribution is 0.522. The maximum absolute atomic E-state index is 4.56. The molecule has 0 saturated carbocycles. The van der Waals surface area contributed by atoms with Crippen molar-refractivity contribution >= 4 is 0 Å². The van der Waals surface area contributed by atoms with E-state index in [4.69, 9.17) is 0 Å². The van der Waals surface area contributed by atoms with Gasteiger partial charge in [-0.15, -0.1) is 0 Å². The second kappa shape index (κ2) is 9.02. The van der Waals surface area contributed by atoms with E-state index in [1.807, 2.05) is 24.8 Å². The summed E-state index contributed by atoms with van der Waals surface area (Å²) in [6.07, 6.45) is 15.6. The first kappa shape index (κ1) is 19.4. The molecule has 1 N–H and O–H groups in total. The van der Waals surface area contributed by atoms with Crippen LogP contribution >= 0.6 is 0 Å². The quantitative estimate of drug-likeness (QED) is 0.564. The predicted molar refractivity (Wildman–Crippen MR) is 108 cm³/mol. The summed E-state index contributed by atoms with van der Waals surface area (Å²) in [5, 5.41) is 15.9. The molecule has 2 unspecified atom stereocenters. The number of H-pyrrole nitrogens is 1. The van der Waals surface area contributed by atoms with Gasteiger partial charge < -0.3 is 0 Å². The fraction of sp³-hybridized carbons (Fsp3) is 0.571. The number of nitrogens with one attached hydrogen (secondary N) is 1. The van der Waals surface area contributed by atoms with Crippen molar-refractivity contribution < 1.29 is 0 Å². The van der Waals surface area contributed by atoms with Crippen LogP contribution in [-0.2, 0) is 13.1 Å². The van der Waals surface area contributed by atoms with Gasteiger partial charge in [-0.25, -0.2) is 0 Å². The summed E-state index contributed by atoms with van der Waals surface area (Å²) in [6.45, 7) is 10.8. The van der Waals surface area contributed by atoms with E-state index in [2.05, 4.69) is 69.8 Å². The Bertz CT molecular complexity index is 798. The number of hydrogen-bond donors (Lipinski definition) is 1. The molecule has 0 bridgehead atoms. The summed E-state index contributed by atoms with van der Waals surface area (Å²) in [6, 6.07) is 0. The maximum atomic E-state index is 4.56. The maximum Gasteiger partial charge on any atom is 0.0524 e. The highest BCUT2D eigenvalue weighted by Gasteiger charge is 2.11. The Morgan fingerprint density at radius 3 is 2.15 bits per heavy atom. The molecule has 2 atom stereocenters. The highest BCUT2D eigenvalue weighted by atomic mass is 15.3. The van der Waals surface area contributed by atoms with Crippen molar-refractivity contribution in [3.63, 3.8) is 0 Å². The minimum absolute atomic E-state index is 0.485. The third kappa shape index (κ3) is 5.31. The van der Waals surface area contributed by atoms with Crippen molar-refractivity contribution in [1.29, 1.82) is 0 Å². The van der Waals surface area contributed by atoms with Gasteiger partial charge in [0.1, 0.15) is 0 Å². The zero-order valence-electron chi connectivity index (χ0n) is 17.0. The van der Waals surface area contributed by atoms with Gasteiger partial charge in [0, 0.05) is 31.7 Å². The smallest absolute Gasteiger partial charge is 0.0524 e. The molecule has 0 aliphatic carbocycles. The van der Waals surface area contributed by atoms with Crippen molar-refractivity contribution in [3.05, 3.63) is 53.9 Å². The molecule has 6 nitrogen and oxygen atoms in total. The standard InChI is InChI=1S/C21H32N6/c1-16(2)20-12-24-26(14-20)8-5-6-17(3)21-13-25-27(15-21)9-7-18(4)19-10-22-23-11-19/h10-18H,5-9H2,1-4H3,(H,22,23). The molecule has 3 aromatic rings. The third-order valence-corrected chi connectivity index (χ3v) is 5.45. The summed E-state index contributed by atoms with van der Waals surface area (Å²) >= 11 is 0. The van der Waals surface area contributed by atoms with Gasteiger partial charge in [-0.1, -0.05) is 27.7 Å². The molecule has 0 fully saturated rings. The molecule has 0 spiro atoms. The molecule has 3 aromatic heterocycles. The van der Waals surface area contributed by atoms with E-state index in [0.29, 0.717) is 17.8 Å². The summed E-state index contributed by atoms with van der Waals surface area (Å²) < 4.78 is 4.15. The highest BCUT2D eigenvalue weighted by Crippen LogP contribution is 2.22.